The van der Waals surface area contributed by atoms with Crippen LogP contribution in [0.2, 0.25) is 0 Å². The number of hydrogen-bond donors (Lipinski definition) is 2. The number of rotatable bonds is 7. The van der Waals surface area contributed by atoms with Crippen LogP contribution in [0.1, 0.15) is 10.4 Å². The zero-order valence-corrected chi connectivity index (χ0v) is 17.0. The number of hydrogen-bond acceptors (Lipinski definition) is 7. The Labute approximate surface area is 176 Å². The van der Waals surface area contributed by atoms with Gasteiger partial charge in [-0.1, -0.05) is 0 Å². The molecule has 12 heteroatoms. The number of anilines is 2. The van der Waals surface area contributed by atoms with Gasteiger partial charge < -0.3 is 14.8 Å². The van der Waals surface area contributed by atoms with Gasteiger partial charge in [-0.15, -0.1) is 0 Å². The lowest BCUT2D eigenvalue weighted by Crippen LogP contribution is -2.15. The minimum Gasteiger partial charge on any atom is -0.481 e. The number of nitrogens with one attached hydrogen (secondary N) is 2. The molecule has 1 aromatic heterocycles. The van der Waals surface area contributed by atoms with E-state index in [1.54, 1.807) is 0 Å². The molecule has 0 aliphatic carbocycles. The third-order valence-corrected chi connectivity index (χ3v) is 5.29. The molecule has 0 spiro atoms. The lowest BCUT2D eigenvalue weighted by atomic mass is 10.2. The predicted molar refractivity (Wildman–Crippen MR) is 107 cm³/mol. The number of nitrogens with zero attached hydrogens (tertiary/aromatic N) is 2. The number of ether oxygens (including phenoxy) is 2. The van der Waals surface area contributed by atoms with E-state index in [1.165, 1.54) is 44.6 Å². The van der Waals surface area contributed by atoms with Crippen LogP contribution >= 0.6 is 0 Å². The van der Waals surface area contributed by atoms with Gasteiger partial charge in [0.2, 0.25) is 5.88 Å². The van der Waals surface area contributed by atoms with Gasteiger partial charge in [0.1, 0.15) is 0 Å². The van der Waals surface area contributed by atoms with Gasteiger partial charge in [-0.05, 0) is 42.5 Å². The van der Waals surface area contributed by atoms with Crippen molar-refractivity contribution < 1.29 is 31.5 Å². The van der Waals surface area contributed by atoms with Crippen LogP contribution in [0, 0.1) is 11.6 Å². The van der Waals surface area contributed by atoms with Crippen molar-refractivity contribution in [1.29, 1.82) is 0 Å². The van der Waals surface area contributed by atoms with Crippen molar-refractivity contribution in [2.75, 3.05) is 24.3 Å². The van der Waals surface area contributed by atoms with Crippen LogP contribution < -0.4 is 19.5 Å². The highest BCUT2D eigenvalue weighted by Crippen LogP contribution is 2.22. The lowest BCUT2D eigenvalue weighted by Gasteiger charge is -2.10. The molecule has 0 unspecified atom stereocenters. The Kier molecular flexibility index (Phi) is 6.30. The molecule has 2 N–H and O–H groups in total. The van der Waals surface area contributed by atoms with Crippen LogP contribution in [-0.2, 0) is 10.0 Å². The molecule has 0 bridgehead atoms. The molecule has 0 saturated carbocycles. The highest BCUT2D eigenvalue weighted by atomic mass is 32.2. The van der Waals surface area contributed by atoms with Crippen LogP contribution in [-0.4, -0.2) is 38.5 Å². The Morgan fingerprint density at radius 1 is 0.935 bits per heavy atom. The molecule has 0 saturated heterocycles. The molecule has 1 amide bonds. The van der Waals surface area contributed by atoms with Crippen LogP contribution in [0.15, 0.2) is 53.4 Å². The topological polar surface area (TPSA) is 120 Å². The maximum Gasteiger partial charge on any atom is 0.321 e. The SMILES string of the molecule is COc1cc(NS(=O)(=O)c2ccc(NC(=O)c3ccc(F)c(F)c3)cc2)nc(OC)n1. The first-order chi connectivity index (χ1) is 14.7. The monoisotopic (exact) mass is 450 g/mol. The molecule has 3 rings (SSSR count). The van der Waals surface area contributed by atoms with Crippen molar-refractivity contribution in [3.63, 3.8) is 0 Å². The summed E-state index contributed by atoms with van der Waals surface area (Å²) < 4.78 is 63.6. The van der Waals surface area contributed by atoms with Crippen LogP contribution in [0.25, 0.3) is 0 Å². The van der Waals surface area contributed by atoms with Gasteiger partial charge in [0.05, 0.1) is 19.1 Å². The van der Waals surface area contributed by atoms with E-state index >= 15 is 0 Å². The number of aromatic nitrogens is 2. The molecule has 9 nitrogen and oxygen atoms in total. The van der Waals surface area contributed by atoms with Crippen molar-refractivity contribution in [3.05, 3.63) is 65.7 Å². The molecule has 0 aliphatic rings. The Hall–Kier alpha value is -3.80. The minimum atomic E-state index is -4.03. The van der Waals surface area contributed by atoms with E-state index in [4.69, 9.17) is 9.47 Å². The van der Waals surface area contributed by atoms with E-state index in [1.807, 2.05) is 0 Å². The average molecular weight is 450 g/mol. The summed E-state index contributed by atoms with van der Waals surface area (Å²) in [6, 6.07) is 9.09. The van der Waals surface area contributed by atoms with Crippen molar-refractivity contribution in [1.82, 2.24) is 9.97 Å². The van der Waals surface area contributed by atoms with Gasteiger partial charge in [-0.25, -0.2) is 17.2 Å². The quantitative estimate of drug-likeness (QED) is 0.568. The molecule has 0 atom stereocenters. The molecule has 0 fully saturated rings. The highest BCUT2D eigenvalue weighted by molar-refractivity contribution is 7.92. The van der Waals surface area contributed by atoms with Gasteiger partial charge in [-0.2, -0.15) is 9.97 Å². The van der Waals surface area contributed by atoms with Gasteiger partial charge in [0, 0.05) is 17.3 Å². The summed E-state index contributed by atoms with van der Waals surface area (Å²) in [5.41, 5.74) is 0.156. The molecule has 0 radical (unpaired) electrons. The van der Waals surface area contributed by atoms with Gasteiger partial charge in [-0.3, -0.25) is 9.52 Å². The first-order valence-corrected chi connectivity index (χ1v) is 10.1. The van der Waals surface area contributed by atoms with Gasteiger partial charge in [0.25, 0.3) is 15.9 Å². The average Bonchev–Trinajstić information content (AvgIpc) is 2.75. The number of benzene rings is 2. The van der Waals surface area contributed by atoms with Crippen molar-refractivity contribution in [2.45, 2.75) is 4.90 Å². The van der Waals surface area contributed by atoms with E-state index in [2.05, 4.69) is 20.0 Å². The summed E-state index contributed by atoms with van der Waals surface area (Å²) in [6.45, 7) is 0. The van der Waals surface area contributed by atoms with Crippen molar-refractivity contribution in [3.8, 4) is 11.9 Å². The van der Waals surface area contributed by atoms with E-state index in [9.17, 15) is 22.0 Å². The summed E-state index contributed by atoms with van der Waals surface area (Å²) in [5, 5.41) is 2.47. The lowest BCUT2D eigenvalue weighted by molar-refractivity contribution is 0.102. The number of sulfonamides is 1. The molecule has 1 heterocycles. The second kappa shape index (κ2) is 8.92. The van der Waals surface area contributed by atoms with Crippen LogP contribution in [0.5, 0.6) is 11.9 Å². The Balaban J connectivity index is 1.75. The fourth-order valence-electron chi connectivity index (χ4n) is 2.41. The summed E-state index contributed by atoms with van der Waals surface area (Å²) in [5.74, 6) is -2.89. The van der Waals surface area contributed by atoms with Gasteiger partial charge >= 0.3 is 6.01 Å². The second-order valence-electron chi connectivity index (χ2n) is 6.00. The largest absolute Gasteiger partial charge is 0.481 e. The van der Waals surface area contributed by atoms with E-state index in [0.29, 0.717) is 0 Å². The molecule has 162 valence electrons. The Morgan fingerprint density at radius 3 is 2.26 bits per heavy atom. The smallest absolute Gasteiger partial charge is 0.321 e. The molecule has 2 aromatic carbocycles. The highest BCUT2D eigenvalue weighted by Gasteiger charge is 2.17. The minimum absolute atomic E-state index is 0.0700. The van der Waals surface area contributed by atoms with E-state index in [-0.39, 0.29) is 33.9 Å². The molecule has 0 aliphatic heterocycles. The third kappa shape index (κ3) is 5.22. The molecule has 3 aromatic rings. The number of amides is 1. The van der Waals surface area contributed by atoms with Crippen LogP contribution in [0.4, 0.5) is 20.3 Å². The Bertz CT molecular complexity index is 1200. The number of halogens is 2. The zero-order valence-electron chi connectivity index (χ0n) is 16.2. The second-order valence-corrected chi connectivity index (χ2v) is 7.68. The summed E-state index contributed by atoms with van der Waals surface area (Å²) in [4.78, 5) is 19.8. The first-order valence-electron chi connectivity index (χ1n) is 8.58. The molecular formula is C19H16F2N4O5S. The van der Waals surface area contributed by atoms with Crippen LogP contribution in [0.3, 0.4) is 0 Å². The number of carbonyl (C=O) groups excluding carboxylic acids is 1. The van der Waals surface area contributed by atoms with Crippen molar-refractivity contribution in [2.24, 2.45) is 0 Å². The predicted octanol–water partition coefficient (Wildman–Crippen LogP) is 2.83. The standard InChI is InChI=1S/C19H16F2N4O5S/c1-29-17-10-16(23-19(24-17)30-2)25-31(27,28)13-6-4-12(5-7-13)22-18(26)11-3-8-14(20)15(21)9-11/h3-10H,1-2H3,(H,22,26)(H,23,24,25). The number of methoxy groups -OCH3 is 2. The van der Waals surface area contributed by atoms with Crippen molar-refractivity contribution >= 4 is 27.4 Å². The number of carbonyl (C=O) groups is 1. The third-order valence-electron chi connectivity index (χ3n) is 3.92. The Morgan fingerprint density at radius 2 is 1.65 bits per heavy atom. The maximum absolute atomic E-state index is 13.3. The fraction of sp³-hybridized carbons (Fsp3) is 0.105. The summed E-state index contributed by atoms with van der Waals surface area (Å²) in [6.07, 6.45) is 0. The van der Waals surface area contributed by atoms with E-state index < -0.39 is 27.6 Å². The summed E-state index contributed by atoms with van der Waals surface area (Å²) in [7, 11) is -1.35. The normalized spacial score (nSPS) is 11.0. The fourth-order valence-corrected chi connectivity index (χ4v) is 3.40. The van der Waals surface area contributed by atoms with E-state index in [0.717, 1.165) is 18.2 Å². The summed E-state index contributed by atoms with van der Waals surface area (Å²) >= 11 is 0. The first kappa shape index (κ1) is 21.9. The molecular weight excluding hydrogens is 434 g/mol. The molecule has 31 heavy (non-hydrogen) atoms. The zero-order chi connectivity index (χ0) is 22.6. The van der Waals surface area contributed by atoms with Gasteiger partial charge in [0.15, 0.2) is 17.5 Å². The maximum atomic E-state index is 13.3.